The molecule has 0 saturated heterocycles. The summed E-state index contributed by atoms with van der Waals surface area (Å²) in [7, 11) is 1.57. The smallest absolute Gasteiger partial charge is 0.337 e. The molecule has 2 aliphatic rings. The molecule has 0 bridgehead atoms. The highest BCUT2D eigenvalue weighted by Crippen LogP contribution is 2.49. The number of para-hydroxylation sites is 1. The second-order valence-corrected chi connectivity index (χ2v) is 9.41. The fourth-order valence-electron chi connectivity index (χ4n) is 4.75. The Labute approximate surface area is 191 Å². The number of rotatable bonds is 4. The first-order valence-corrected chi connectivity index (χ1v) is 10.8. The number of carboxylic acids is 1. The molecule has 0 fully saturated rings. The first kappa shape index (κ1) is 22.1. The molecule has 1 atom stereocenters. The van der Waals surface area contributed by atoms with Gasteiger partial charge in [0, 0.05) is 41.3 Å². The van der Waals surface area contributed by atoms with Crippen LogP contribution in [0.5, 0.6) is 5.75 Å². The number of methoxy groups -OCH3 is 1. The molecule has 2 aromatic rings. The van der Waals surface area contributed by atoms with Gasteiger partial charge in [-0.05, 0) is 36.1 Å². The third-order valence-electron chi connectivity index (χ3n) is 6.10. The minimum absolute atomic E-state index is 0.00271. The number of hydrogen-bond donors (Lipinski definition) is 1. The predicted molar refractivity (Wildman–Crippen MR) is 121 cm³/mol. The summed E-state index contributed by atoms with van der Waals surface area (Å²) in [6.45, 7) is 3.99. The van der Waals surface area contributed by atoms with Crippen molar-refractivity contribution in [2.45, 2.75) is 39.0 Å². The van der Waals surface area contributed by atoms with E-state index in [-0.39, 0.29) is 34.1 Å². The van der Waals surface area contributed by atoms with Crippen LogP contribution in [0.2, 0.25) is 5.02 Å². The van der Waals surface area contributed by atoms with E-state index in [0.717, 1.165) is 5.56 Å². The van der Waals surface area contributed by atoms with Gasteiger partial charge in [-0.3, -0.25) is 14.5 Å². The van der Waals surface area contributed by atoms with Crippen LogP contribution in [0.15, 0.2) is 53.7 Å². The quantitative estimate of drug-likeness (QED) is 0.686. The number of benzene rings is 2. The van der Waals surface area contributed by atoms with Crippen molar-refractivity contribution >= 4 is 34.9 Å². The summed E-state index contributed by atoms with van der Waals surface area (Å²) in [5.74, 6) is -1.18. The molecule has 7 heteroatoms. The average molecular weight is 454 g/mol. The van der Waals surface area contributed by atoms with E-state index in [1.165, 1.54) is 17.0 Å². The van der Waals surface area contributed by atoms with E-state index in [1.54, 1.807) is 13.2 Å². The van der Waals surface area contributed by atoms with Gasteiger partial charge in [0.15, 0.2) is 5.78 Å². The van der Waals surface area contributed by atoms with Gasteiger partial charge >= 0.3 is 5.97 Å². The fourth-order valence-corrected chi connectivity index (χ4v) is 4.95. The summed E-state index contributed by atoms with van der Waals surface area (Å²) in [5.41, 5.74) is 1.99. The molecule has 0 spiro atoms. The van der Waals surface area contributed by atoms with Crippen LogP contribution in [-0.2, 0) is 9.59 Å². The highest BCUT2D eigenvalue weighted by molar-refractivity contribution is 6.33. The largest absolute Gasteiger partial charge is 0.496 e. The van der Waals surface area contributed by atoms with Crippen molar-refractivity contribution in [3.05, 3.63) is 69.9 Å². The monoisotopic (exact) mass is 453 g/mol. The lowest BCUT2D eigenvalue weighted by Crippen LogP contribution is -2.43. The molecule has 6 nitrogen and oxygen atoms in total. The Bertz CT molecular complexity index is 1170. The average Bonchev–Trinajstić information content (AvgIpc) is 2.72. The molecule has 1 heterocycles. The number of aromatic carboxylic acids is 1. The summed E-state index contributed by atoms with van der Waals surface area (Å²) < 4.78 is 5.52. The van der Waals surface area contributed by atoms with Gasteiger partial charge in [-0.2, -0.15) is 0 Å². The Morgan fingerprint density at radius 3 is 2.56 bits per heavy atom. The zero-order valence-electron chi connectivity index (χ0n) is 18.1. The van der Waals surface area contributed by atoms with E-state index >= 15 is 0 Å². The number of carbonyl (C=O) groups excluding carboxylic acids is 2. The van der Waals surface area contributed by atoms with Crippen LogP contribution in [0.1, 0.15) is 54.9 Å². The third-order valence-corrected chi connectivity index (χ3v) is 6.43. The maximum Gasteiger partial charge on any atom is 0.337 e. The molecule has 32 heavy (non-hydrogen) atoms. The summed E-state index contributed by atoms with van der Waals surface area (Å²) in [6.07, 6.45) is 0.966. The van der Waals surface area contributed by atoms with Crippen molar-refractivity contribution in [2.24, 2.45) is 5.41 Å². The fraction of sp³-hybridized carbons (Fsp3) is 0.320. The van der Waals surface area contributed by atoms with Gasteiger partial charge in [-0.15, -0.1) is 0 Å². The van der Waals surface area contributed by atoms with Gasteiger partial charge in [0.25, 0.3) is 0 Å². The van der Waals surface area contributed by atoms with Gasteiger partial charge in [-0.25, -0.2) is 4.79 Å². The lowest BCUT2D eigenvalue weighted by molar-refractivity contribution is -0.121. The Morgan fingerprint density at radius 1 is 1.16 bits per heavy atom. The highest BCUT2D eigenvalue weighted by Gasteiger charge is 2.45. The standard InChI is InChI=1S/C25H24ClNO5/c1-25(2)12-19-23(20(28)13-25)16(15-6-4-5-7-21(15)32-3)11-22(29)27(19)14-8-9-18(26)17(10-14)24(30)31/h4-10,16H,11-13H2,1-3H3,(H,30,31). The zero-order valence-corrected chi connectivity index (χ0v) is 18.9. The van der Waals surface area contributed by atoms with E-state index in [2.05, 4.69) is 0 Å². The number of amides is 1. The van der Waals surface area contributed by atoms with Crippen molar-refractivity contribution in [3.63, 3.8) is 0 Å². The minimum atomic E-state index is -1.18. The third kappa shape index (κ3) is 3.79. The molecule has 4 rings (SSSR count). The van der Waals surface area contributed by atoms with Crippen molar-refractivity contribution < 1.29 is 24.2 Å². The van der Waals surface area contributed by atoms with Crippen molar-refractivity contribution in [1.82, 2.24) is 0 Å². The van der Waals surface area contributed by atoms with Gasteiger partial charge in [0.1, 0.15) is 5.75 Å². The number of halogens is 1. The summed E-state index contributed by atoms with van der Waals surface area (Å²) in [6, 6.07) is 11.9. The van der Waals surface area contributed by atoms with E-state index in [1.807, 2.05) is 38.1 Å². The second-order valence-electron chi connectivity index (χ2n) is 9.00. The number of carbonyl (C=O) groups is 3. The van der Waals surface area contributed by atoms with Crippen LogP contribution in [-0.4, -0.2) is 29.9 Å². The zero-order chi connectivity index (χ0) is 23.2. The van der Waals surface area contributed by atoms with Crippen LogP contribution in [0.25, 0.3) is 0 Å². The molecular formula is C25H24ClNO5. The van der Waals surface area contributed by atoms with Gasteiger partial charge < -0.3 is 9.84 Å². The maximum atomic E-state index is 13.5. The van der Waals surface area contributed by atoms with Crippen LogP contribution < -0.4 is 9.64 Å². The molecule has 1 aliphatic heterocycles. The highest BCUT2D eigenvalue weighted by atomic mass is 35.5. The SMILES string of the molecule is COc1ccccc1C1CC(=O)N(c2ccc(Cl)c(C(=O)O)c2)C2=C1C(=O)CC(C)(C)C2. The van der Waals surface area contributed by atoms with Crippen molar-refractivity contribution in [2.75, 3.05) is 12.0 Å². The number of ketones is 1. The number of Topliss-reactive ketones (excluding diaryl/α,β-unsaturated/α-hetero) is 1. The topological polar surface area (TPSA) is 83.9 Å². The first-order valence-electron chi connectivity index (χ1n) is 10.4. The number of allylic oxidation sites excluding steroid dienone is 2. The molecule has 1 aliphatic carbocycles. The van der Waals surface area contributed by atoms with Crippen molar-refractivity contribution in [3.8, 4) is 5.75 Å². The van der Waals surface area contributed by atoms with Crippen molar-refractivity contribution in [1.29, 1.82) is 0 Å². The number of nitrogens with zero attached hydrogens (tertiary/aromatic N) is 1. The summed E-state index contributed by atoms with van der Waals surface area (Å²) in [4.78, 5) is 40.0. The Morgan fingerprint density at radius 2 is 1.88 bits per heavy atom. The first-order chi connectivity index (χ1) is 15.1. The van der Waals surface area contributed by atoms with Crippen LogP contribution in [0.4, 0.5) is 5.69 Å². The van der Waals surface area contributed by atoms with Gasteiger partial charge in [0.05, 0.1) is 17.7 Å². The molecule has 0 saturated carbocycles. The van der Waals surface area contributed by atoms with Gasteiger partial charge in [0.2, 0.25) is 5.91 Å². The lowest BCUT2D eigenvalue weighted by Gasteiger charge is -2.43. The molecule has 1 N–H and O–H groups in total. The van der Waals surface area contributed by atoms with Crippen LogP contribution in [0, 0.1) is 5.41 Å². The molecule has 2 aromatic carbocycles. The number of ether oxygens (including phenoxy) is 1. The predicted octanol–water partition coefficient (Wildman–Crippen LogP) is 5.21. The normalized spacial score (nSPS) is 20.2. The summed E-state index contributed by atoms with van der Waals surface area (Å²) in [5, 5.41) is 9.58. The molecule has 0 radical (unpaired) electrons. The van der Waals surface area contributed by atoms with E-state index < -0.39 is 11.9 Å². The molecule has 1 amide bonds. The van der Waals surface area contributed by atoms with Gasteiger partial charge in [-0.1, -0.05) is 43.6 Å². The van der Waals surface area contributed by atoms with E-state index in [9.17, 15) is 19.5 Å². The maximum absolute atomic E-state index is 13.5. The minimum Gasteiger partial charge on any atom is -0.496 e. The number of hydrogen-bond acceptors (Lipinski definition) is 4. The number of anilines is 1. The Balaban J connectivity index is 1.93. The molecular weight excluding hydrogens is 430 g/mol. The van der Waals surface area contributed by atoms with E-state index in [0.29, 0.717) is 35.5 Å². The molecule has 166 valence electrons. The molecule has 0 aromatic heterocycles. The van der Waals surface area contributed by atoms with Crippen LogP contribution in [0.3, 0.4) is 0 Å². The van der Waals surface area contributed by atoms with Crippen LogP contribution >= 0.6 is 11.6 Å². The molecule has 1 unspecified atom stereocenters. The summed E-state index contributed by atoms with van der Waals surface area (Å²) >= 11 is 6.04. The second kappa shape index (κ2) is 8.10. The van der Waals surface area contributed by atoms with E-state index in [4.69, 9.17) is 16.3 Å². The Hall–Kier alpha value is -3.12. The number of carboxylic acid groups (broad SMARTS) is 1. The Kier molecular flexibility index (Phi) is 5.59. The lowest BCUT2D eigenvalue weighted by atomic mass is 9.69.